The molecule has 1 atom stereocenters. The van der Waals surface area contributed by atoms with Crippen molar-refractivity contribution >= 4 is 6.29 Å². The summed E-state index contributed by atoms with van der Waals surface area (Å²) < 4.78 is 0. The summed E-state index contributed by atoms with van der Waals surface area (Å²) in [5.74, 6) is 0. The van der Waals surface area contributed by atoms with Gasteiger partial charge in [0.05, 0.1) is 23.2 Å². The van der Waals surface area contributed by atoms with Crippen LogP contribution in [-0.4, -0.2) is 21.4 Å². The second-order valence-electron chi connectivity index (χ2n) is 6.42. The molecule has 0 spiro atoms. The van der Waals surface area contributed by atoms with Crippen molar-refractivity contribution in [2.24, 2.45) is 0 Å². The summed E-state index contributed by atoms with van der Waals surface area (Å²) in [6.45, 7) is 1.72. The van der Waals surface area contributed by atoms with Gasteiger partial charge in [-0.3, -0.25) is 9.78 Å². The Morgan fingerprint density at radius 1 is 0.710 bits per heavy atom. The van der Waals surface area contributed by atoms with E-state index in [4.69, 9.17) is 0 Å². The topological polar surface area (TPSA) is 63.1 Å². The molecular formula is C26H25LiN2O2. The second-order valence-corrected chi connectivity index (χ2v) is 6.42. The first-order valence-electron chi connectivity index (χ1n) is 9.35. The zero-order chi connectivity index (χ0) is 20.5. The second kappa shape index (κ2) is 13.3. The largest absolute Gasteiger partial charge is 1.00 e. The quantitative estimate of drug-likeness (QED) is 0.323. The van der Waals surface area contributed by atoms with Crippen molar-refractivity contribution in [3.05, 3.63) is 116 Å². The molecule has 0 aliphatic heterocycles. The number of hydrogen-bond acceptors (Lipinski definition) is 4. The van der Waals surface area contributed by atoms with E-state index in [9.17, 15) is 9.90 Å². The molecule has 4 nitrogen and oxygen atoms in total. The number of carbonyl (C=O) groups excluding carboxylic acids is 1. The first kappa shape index (κ1) is 26.0. The van der Waals surface area contributed by atoms with E-state index >= 15 is 0 Å². The number of pyridine rings is 2. The summed E-state index contributed by atoms with van der Waals surface area (Å²) in [6, 6.07) is 30.8. The molecule has 0 fully saturated rings. The molecule has 0 bridgehead atoms. The number of benzene rings is 2. The minimum absolute atomic E-state index is 0. The molecule has 4 rings (SSSR count). The number of carbonyl (C=O) groups is 1. The minimum Gasteiger partial charge on any atom is -0.387 e. The molecule has 31 heavy (non-hydrogen) atoms. The molecule has 0 radical (unpaired) electrons. The van der Waals surface area contributed by atoms with E-state index in [1.165, 1.54) is 0 Å². The summed E-state index contributed by atoms with van der Waals surface area (Å²) in [7, 11) is 0. The Labute approximate surface area is 196 Å². The Hall–Kier alpha value is -3.03. The summed E-state index contributed by atoms with van der Waals surface area (Å²) in [6.07, 6.45) is 0.237. The first-order valence-corrected chi connectivity index (χ1v) is 9.35. The van der Waals surface area contributed by atoms with Gasteiger partial charge >= 0.3 is 18.9 Å². The maximum atomic E-state index is 10.5. The third-order valence-electron chi connectivity index (χ3n) is 4.23. The normalized spacial score (nSPS) is 10.4. The van der Waals surface area contributed by atoms with Crippen LogP contribution in [0.3, 0.4) is 0 Å². The monoisotopic (exact) mass is 404 g/mol. The van der Waals surface area contributed by atoms with E-state index in [1.807, 2.05) is 91.0 Å². The standard InChI is InChI=1S/C13H13NO.C12H9NO.CH3.Li/c1-10(15)12-8-5-9-13(14-12)11-6-3-2-4-7-11;14-9-11-7-4-8-12(13-11)10-5-2-1-3-6-10;;/h2-10,15H,1H3;1-9H;1H3;/q;;-1;+1. The number of aldehydes is 1. The molecule has 152 valence electrons. The number of rotatable bonds is 4. The van der Waals surface area contributed by atoms with Crippen LogP contribution in [0.4, 0.5) is 0 Å². The molecule has 2 heterocycles. The third kappa shape index (κ3) is 7.62. The Morgan fingerprint density at radius 3 is 1.68 bits per heavy atom. The van der Waals surface area contributed by atoms with E-state index in [2.05, 4.69) is 9.97 Å². The smallest absolute Gasteiger partial charge is 0.387 e. The van der Waals surface area contributed by atoms with Gasteiger partial charge < -0.3 is 12.5 Å². The fourth-order valence-corrected chi connectivity index (χ4v) is 2.74. The van der Waals surface area contributed by atoms with Crippen molar-refractivity contribution in [2.75, 3.05) is 0 Å². The van der Waals surface area contributed by atoms with Crippen molar-refractivity contribution < 1.29 is 28.8 Å². The molecule has 5 heteroatoms. The molecule has 0 saturated heterocycles. The zero-order valence-electron chi connectivity index (χ0n) is 18.1. The third-order valence-corrected chi connectivity index (χ3v) is 4.23. The number of hydrogen-bond donors (Lipinski definition) is 1. The van der Waals surface area contributed by atoms with Crippen LogP contribution >= 0.6 is 0 Å². The van der Waals surface area contributed by atoms with Crippen LogP contribution in [-0.2, 0) is 0 Å². The van der Waals surface area contributed by atoms with Gasteiger partial charge in [-0.2, -0.15) is 0 Å². The van der Waals surface area contributed by atoms with Gasteiger partial charge in [0.1, 0.15) is 5.69 Å². The van der Waals surface area contributed by atoms with E-state index in [1.54, 1.807) is 13.0 Å². The number of nitrogens with zero attached hydrogens (tertiary/aromatic N) is 2. The molecule has 2 aromatic heterocycles. The van der Waals surface area contributed by atoms with Gasteiger partial charge in [-0.15, -0.1) is 0 Å². The Morgan fingerprint density at radius 2 is 1.19 bits per heavy atom. The van der Waals surface area contributed by atoms with Gasteiger partial charge in [-0.25, -0.2) is 4.98 Å². The van der Waals surface area contributed by atoms with E-state index in [0.717, 1.165) is 28.8 Å². The average molecular weight is 404 g/mol. The van der Waals surface area contributed by atoms with Crippen molar-refractivity contribution in [1.82, 2.24) is 9.97 Å². The summed E-state index contributed by atoms with van der Waals surface area (Å²) in [5, 5.41) is 9.43. The predicted octanol–water partition coefficient (Wildman–Crippen LogP) is 2.82. The number of aliphatic hydroxyl groups is 1. The van der Waals surface area contributed by atoms with Gasteiger partial charge in [-0.1, -0.05) is 72.8 Å². The van der Waals surface area contributed by atoms with Crippen LogP contribution in [0.5, 0.6) is 0 Å². The molecule has 4 aromatic rings. The van der Waals surface area contributed by atoms with Crippen molar-refractivity contribution in [3.8, 4) is 22.5 Å². The molecule has 1 unspecified atom stereocenters. The van der Waals surface area contributed by atoms with E-state index in [-0.39, 0.29) is 26.3 Å². The van der Waals surface area contributed by atoms with Crippen LogP contribution < -0.4 is 18.9 Å². The van der Waals surface area contributed by atoms with Gasteiger partial charge in [-0.05, 0) is 31.2 Å². The van der Waals surface area contributed by atoms with Gasteiger partial charge in [0.2, 0.25) is 0 Å². The Kier molecular flexibility index (Phi) is 11.2. The molecule has 0 aliphatic carbocycles. The van der Waals surface area contributed by atoms with Crippen LogP contribution in [0.15, 0.2) is 97.1 Å². The van der Waals surface area contributed by atoms with Gasteiger partial charge in [0.15, 0.2) is 6.29 Å². The van der Waals surface area contributed by atoms with E-state index < -0.39 is 6.10 Å². The molecular weight excluding hydrogens is 379 g/mol. The maximum Gasteiger partial charge on any atom is 1.00 e. The Bertz CT molecular complexity index is 1050. The number of aromatic nitrogens is 2. The molecule has 0 saturated carbocycles. The fourth-order valence-electron chi connectivity index (χ4n) is 2.74. The molecule has 0 amide bonds. The summed E-state index contributed by atoms with van der Waals surface area (Å²) in [5.41, 5.74) is 4.99. The van der Waals surface area contributed by atoms with E-state index in [0.29, 0.717) is 11.4 Å². The fraction of sp³-hybridized carbons (Fsp3) is 0.0769. The van der Waals surface area contributed by atoms with Crippen LogP contribution in [0, 0.1) is 7.43 Å². The average Bonchev–Trinajstić information content (AvgIpc) is 2.81. The van der Waals surface area contributed by atoms with Crippen molar-refractivity contribution in [3.63, 3.8) is 0 Å². The van der Waals surface area contributed by atoms with Crippen molar-refractivity contribution in [2.45, 2.75) is 13.0 Å². The molecule has 1 N–H and O–H groups in total. The molecule has 0 aliphatic rings. The van der Waals surface area contributed by atoms with Crippen LogP contribution in [0.1, 0.15) is 29.2 Å². The Balaban J connectivity index is 0.000000292. The van der Waals surface area contributed by atoms with Crippen molar-refractivity contribution in [1.29, 1.82) is 0 Å². The van der Waals surface area contributed by atoms with Crippen LogP contribution in [0.25, 0.3) is 22.5 Å². The first-order chi connectivity index (χ1) is 14.2. The number of aliphatic hydroxyl groups excluding tert-OH is 1. The maximum absolute atomic E-state index is 10.5. The molecule has 2 aromatic carbocycles. The predicted molar refractivity (Wildman–Crippen MR) is 122 cm³/mol. The zero-order valence-corrected chi connectivity index (χ0v) is 18.1. The van der Waals surface area contributed by atoms with Gasteiger partial charge in [0.25, 0.3) is 0 Å². The SMILES string of the molecule is CC(O)c1cccc(-c2ccccc2)n1.O=Cc1cccc(-c2ccccc2)n1.[CH3-].[Li+]. The summed E-state index contributed by atoms with van der Waals surface area (Å²) in [4.78, 5) is 19.1. The van der Waals surface area contributed by atoms with Crippen LogP contribution in [0.2, 0.25) is 0 Å². The van der Waals surface area contributed by atoms with Gasteiger partial charge in [0, 0.05) is 11.1 Å². The minimum atomic E-state index is -0.520. The summed E-state index contributed by atoms with van der Waals surface area (Å²) >= 11 is 0.